The van der Waals surface area contributed by atoms with Crippen LogP contribution >= 0.6 is 0 Å². The molecule has 1 saturated heterocycles. The largest absolute Gasteiger partial charge is 0.379 e. The normalized spacial score (nSPS) is 22.1. The molecular formula is C7H15N3O2. The number of hydrogen-bond acceptors (Lipinski definition) is 4. The van der Waals surface area contributed by atoms with E-state index in [0.717, 1.165) is 13.1 Å². The molecule has 4 N–H and O–H groups in total. The van der Waals surface area contributed by atoms with Crippen LogP contribution in [0, 0.1) is 0 Å². The Morgan fingerprint density at radius 1 is 1.50 bits per heavy atom. The molecule has 1 rings (SSSR count). The first-order valence-corrected chi connectivity index (χ1v) is 4.05. The molecular weight excluding hydrogens is 158 g/mol. The lowest BCUT2D eigenvalue weighted by Crippen LogP contribution is -2.49. The van der Waals surface area contributed by atoms with Gasteiger partial charge in [0.25, 0.3) is 0 Å². The van der Waals surface area contributed by atoms with E-state index in [0.29, 0.717) is 19.8 Å². The van der Waals surface area contributed by atoms with Gasteiger partial charge in [-0.15, -0.1) is 0 Å². The van der Waals surface area contributed by atoms with Crippen molar-refractivity contribution in [2.24, 2.45) is 11.5 Å². The van der Waals surface area contributed by atoms with Crippen LogP contribution in [0.5, 0.6) is 0 Å². The molecule has 0 bridgehead atoms. The fourth-order valence-electron chi connectivity index (χ4n) is 1.15. The van der Waals surface area contributed by atoms with Crippen molar-refractivity contribution >= 4 is 5.91 Å². The third-order valence-electron chi connectivity index (χ3n) is 1.92. The van der Waals surface area contributed by atoms with Crippen molar-refractivity contribution in [2.45, 2.75) is 6.04 Å². The molecule has 12 heavy (non-hydrogen) atoms. The zero-order valence-electron chi connectivity index (χ0n) is 7.03. The van der Waals surface area contributed by atoms with Crippen molar-refractivity contribution in [3.63, 3.8) is 0 Å². The molecule has 5 heteroatoms. The molecule has 1 fully saturated rings. The Hall–Kier alpha value is -0.650. The summed E-state index contributed by atoms with van der Waals surface area (Å²) in [7, 11) is 0. The van der Waals surface area contributed by atoms with E-state index in [-0.39, 0.29) is 0 Å². The minimum atomic E-state index is -0.553. The lowest BCUT2D eigenvalue weighted by molar-refractivity contribution is -0.119. The second-order valence-electron chi connectivity index (χ2n) is 2.92. The lowest BCUT2D eigenvalue weighted by atomic mass is 10.2. The summed E-state index contributed by atoms with van der Waals surface area (Å²) in [4.78, 5) is 12.7. The zero-order chi connectivity index (χ0) is 8.97. The fraction of sp³-hybridized carbons (Fsp3) is 0.857. The molecule has 1 aliphatic heterocycles. The molecule has 0 radical (unpaired) electrons. The number of nitrogens with zero attached hydrogens (tertiary/aromatic N) is 1. The molecule has 1 heterocycles. The average Bonchev–Trinajstić information content (AvgIpc) is 2.06. The summed E-state index contributed by atoms with van der Waals surface area (Å²) in [6.07, 6.45) is 0. The summed E-state index contributed by atoms with van der Waals surface area (Å²) in [5.74, 6) is -0.443. The topological polar surface area (TPSA) is 81.6 Å². The predicted octanol–water partition coefficient (Wildman–Crippen LogP) is -1.87. The van der Waals surface area contributed by atoms with Crippen LogP contribution in [0.4, 0.5) is 0 Å². The van der Waals surface area contributed by atoms with Gasteiger partial charge >= 0.3 is 0 Å². The van der Waals surface area contributed by atoms with Crippen LogP contribution in [-0.2, 0) is 9.53 Å². The summed E-state index contributed by atoms with van der Waals surface area (Å²) >= 11 is 0. The second-order valence-corrected chi connectivity index (χ2v) is 2.92. The molecule has 1 amide bonds. The molecule has 1 aliphatic rings. The van der Waals surface area contributed by atoms with Crippen LogP contribution in [0.2, 0.25) is 0 Å². The summed E-state index contributed by atoms with van der Waals surface area (Å²) < 4.78 is 5.14. The van der Waals surface area contributed by atoms with E-state index in [4.69, 9.17) is 16.2 Å². The van der Waals surface area contributed by atoms with Gasteiger partial charge in [-0.1, -0.05) is 0 Å². The van der Waals surface area contributed by atoms with Gasteiger partial charge < -0.3 is 16.2 Å². The van der Waals surface area contributed by atoms with Gasteiger partial charge in [0.15, 0.2) is 0 Å². The first-order chi connectivity index (χ1) is 5.70. The summed E-state index contributed by atoms with van der Waals surface area (Å²) in [5, 5.41) is 0. The maximum atomic E-state index is 10.6. The number of nitrogens with two attached hydrogens (primary N) is 2. The predicted molar refractivity (Wildman–Crippen MR) is 44.4 cm³/mol. The molecule has 1 unspecified atom stereocenters. The van der Waals surface area contributed by atoms with E-state index >= 15 is 0 Å². The van der Waals surface area contributed by atoms with Crippen LogP contribution in [0.15, 0.2) is 0 Å². The highest BCUT2D eigenvalue weighted by atomic mass is 16.5. The summed E-state index contributed by atoms with van der Waals surface area (Å²) in [5.41, 5.74) is 10.5. The molecule has 0 aliphatic carbocycles. The quantitative estimate of drug-likeness (QED) is 0.524. The van der Waals surface area contributed by atoms with Crippen molar-refractivity contribution in [3.05, 3.63) is 0 Å². The summed E-state index contributed by atoms with van der Waals surface area (Å²) in [6.45, 7) is 3.64. The monoisotopic (exact) mass is 173 g/mol. The standard InChI is InChI=1S/C7H15N3O2/c8-6(7(9)11)5-10-1-3-12-4-2-10/h6H,1-5,8H2,(H2,9,11). The Morgan fingerprint density at radius 2 is 2.08 bits per heavy atom. The Labute approximate surface area is 71.6 Å². The second kappa shape index (κ2) is 4.39. The van der Waals surface area contributed by atoms with Crippen LogP contribution in [0.25, 0.3) is 0 Å². The van der Waals surface area contributed by atoms with Gasteiger partial charge in [0.2, 0.25) is 5.91 Å². The molecule has 0 aromatic rings. The number of amides is 1. The highest BCUT2D eigenvalue weighted by Gasteiger charge is 2.16. The SMILES string of the molecule is NC(=O)C(N)CN1CCOCC1. The Morgan fingerprint density at radius 3 is 2.58 bits per heavy atom. The van der Waals surface area contributed by atoms with Crippen LogP contribution in [0.3, 0.4) is 0 Å². The first kappa shape index (κ1) is 9.44. The third kappa shape index (κ3) is 2.77. The number of hydrogen-bond donors (Lipinski definition) is 2. The first-order valence-electron chi connectivity index (χ1n) is 4.05. The number of morpholine rings is 1. The van der Waals surface area contributed by atoms with Gasteiger partial charge in [0.05, 0.1) is 19.3 Å². The number of primary amides is 1. The van der Waals surface area contributed by atoms with Crippen molar-refractivity contribution in [3.8, 4) is 0 Å². The van der Waals surface area contributed by atoms with Gasteiger partial charge in [-0.3, -0.25) is 9.69 Å². The minimum absolute atomic E-state index is 0.443. The number of carbonyl (C=O) groups is 1. The lowest BCUT2D eigenvalue weighted by Gasteiger charge is -2.27. The van der Waals surface area contributed by atoms with Gasteiger partial charge in [0.1, 0.15) is 0 Å². The number of ether oxygens (including phenoxy) is 1. The summed E-state index contributed by atoms with van der Waals surface area (Å²) in [6, 6.07) is -0.553. The van der Waals surface area contributed by atoms with Crippen LogP contribution < -0.4 is 11.5 Å². The minimum Gasteiger partial charge on any atom is -0.379 e. The third-order valence-corrected chi connectivity index (χ3v) is 1.92. The zero-order valence-corrected chi connectivity index (χ0v) is 7.03. The van der Waals surface area contributed by atoms with Gasteiger partial charge in [-0.25, -0.2) is 0 Å². The molecule has 0 aromatic heterocycles. The Kier molecular flexibility index (Phi) is 3.46. The van der Waals surface area contributed by atoms with Crippen molar-refractivity contribution in [1.29, 1.82) is 0 Å². The number of carbonyl (C=O) groups excluding carboxylic acids is 1. The van der Waals surface area contributed by atoms with Gasteiger partial charge in [0, 0.05) is 19.6 Å². The molecule has 0 saturated carbocycles. The van der Waals surface area contributed by atoms with Gasteiger partial charge in [-0.2, -0.15) is 0 Å². The van der Waals surface area contributed by atoms with Gasteiger partial charge in [-0.05, 0) is 0 Å². The number of rotatable bonds is 3. The van der Waals surface area contributed by atoms with Crippen molar-refractivity contribution in [2.75, 3.05) is 32.8 Å². The van der Waals surface area contributed by atoms with Crippen LogP contribution in [-0.4, -0.2) is 49.7 Å². The Balaban J connectivity index is 2.24. The van der Waals surface area contributed by atoms with Crippen molar-refractivity contribution < 1.29 is 9.53 Å². The van der Waals surface area contributed by atoms with E-state index in [2.05, 4.69) is 4.90 Å². The maximum Gasteiger partial charge on any atom is 0.235 e. The molecule has 1 atom stereocenters. The van der Waals surface area contributed by atoms with E-state index < -0.39 is 11.9 Å². The smallest absolute Gasteiger partial charge is 0.235 e. The molecule has 5 nitrogen and oxygen atoms in total. The van der Waals surface area contributed by atoms with E-state index in [1.54, 1.807) is 0 Å². The fourth-order valence-corrected chi connectivity index (χ4v) is 1.15. The maximum absolute atomic E-state index is 10.6. The Bertz CT molecular complexity index is 157. The molecule has 0 spiro atoms. The highest BCUT2D eigenvalue weighted by Crippen LogP contribution is 1.96. The molecule has 70 valence electrons. The van der Waals surface area contributed by atoms with E-state index in [1.807, 2.05) is 0 Å². The highest BCUT2D eigenvalue weighted by molar-refractivity contribution is 5.79. The molecule has 0 aromatic carbocycles. The van der Waals surface area contributed by atoms with Crippen LogP contribution in [0.1, 0.15) is 0 Å². The van der Waals surface area contributed by atoms with Crippen molar-refractivity contribution in [1.82, 2.24) is 4.90 Å². The van der Waals surface area contributed by atoms with E-state index in [9.17, 15) is 4.79 Å². The average molecular weight is 173 g/mol. The van der Waals surface area contributed by atoms with E-state index in [1.165, 1.54) is 0 Å².